The molecule has 1 N–H and O–H groups in total. The number of carbonyl (C=O) groups is 1. The lowest BCUT2D eigenvalue weighted by Gasteiger charge is -2.29. The Balaban J connectivity index is 2.03. The van der Waals surface area contributed by atoms with E-state index in [1.165, 1.54) is 0 Å². The highest BCUT2D eigenvalue weighted by atomic mass is 16.4. The van der Waals surface area contributed by atoms with Crippen molar-refractivity contribution < 1.29 is 14.3 Å². The number of rotatable bonds is 3. The lowest BCUT2D eigenvalue weighted by Crippen LogP contribution is -2.42. The van der Waals surface area contributed by atoms with Crippen molar-refractivity contribution in [1.82, 2.24) is 4.90 Å². The highest BCUT2D eigenvalue weighted by Gasteiger charge is 2.24. The Labute approximate surface area is 104 Å². The van der Waals surface area contributed by atoms with Gasteiger partial charge in [0.1, 0.15) is 5.76 Å². The molecule has 0 aromatic carbocycles. The molecule has 0 aliphatic carbocycles. The molecule has 0 spiro atoms. The minimum absolute atomic E-state index is 0.0897. The van der Waals surface area contributed by atoms with E-state index in [9.17, 15) is 9.90 Å². The summed E-state index contributed by atoms with van der Waals surface area (Å²) in [5.74, 6) is 0.432. The Hall–Kier alpha value is -1.98. The van der Waals surface area contributed by atoms with E-state index in [1.807, 2.05) is 0 Å². The van der Waals surface area contributed by atoms with Crippen LogP contribution in [-0.4, -0.2) is 35.1 Å². The second-order valence-corrected chi connectivity index (χ2v) is 4.20. The monoisotopic (exact) mass is 250 g/mol. The number of furan rings is 1. The van der Waals surface area contributed by atoms with Crippen LogP contribution in [0.25, 0.3) is 10.4 Å². The molecule has 1 aromatic rings. The van der Waals surface area contributed by atoms with E-state index in [2.05, 4.69) is 10.0 Å². The standard InChI is InChI=1S/C11H14N4O3/c12-14-13-6-9-3-4-10(18-9)11(17)15-5-1-2-8(16)7-15/h3-4,8,16H,1-2,5-7H2. The Bertz CT molecular complexity index is 478. The van der Waals surface area contributed by atoms with Gasteiger partial charge in [0.2, 0.25) is 0 Å². The molecule has 0 saturated carbocycles. The zero-order chi connectivity index (χ0) is 13.0. The Morgan fingerprint density at radius 3 is 3.22 bits per heavy atom. The summed E-state index contributed by atoms with van der Waals surface area (Å²) in [4.78, 5) is 16.2. The Morgan fingerprint density at radius 2 is 2.50 bits per heavy atom. The molecule has 1 saturated heterocycles. The number of hydrogen-bond donors (Lipinski definition) is 1. The molecule has 0 bridgehead atoms. The number of aliphatic hydroxyl groups excluding tert-OH is 1. The van der Waals surface area contributed by atoms with Crippen LogP contribution in [0.3, 0.4) is 0 Å². The summed E-state index contributed by atoms with van der Waals surface area (Å²) in [6.45, 7) is 1.06. The zero-order valence-corrected chi connectivity index (χ0v) is 9.82. The first-order chi connectivity index (χ1) is 8.70. The fourth-order valence-electron chi connectivity index (χ4n) is 1.97. The van der Waals surface area contributed by atoms with Gasteiger partial charge in [0, 0.05) is 18.0 Å². The van der Waals surface area contributed by atoms with Gasteiger partial charge in [-0.3, -0.25) is 4.79 Å². The van der Waals surface area contributed by atoms with Gasteiger partial charge in [-0.25, -0.2) is 0 Å². The number of carbonyl (C=O) groups excluding carboxylic acids is 1. The minimum atomic E-state index is -0.458. The molecular formula is C11H14N4O3. The molecule has 0 radical (unpaired) electrons. The van der Waals surface area contributed by atoms with Gasteiger partial charge < -0.3 is 14.4 Å². The van der Waals surface area contributed by atoms with E-state index in [1.54, 1.807) is 17.0 Å². The van der Waals surface area contributed by atoms with Gasteiger partial charge in [0.15, 0.2) is 5.76 Å². The number of aliphatic hydroxyl groups is 1. The predicted octanol–water partition coefficient (Wildman–Crippen LogP) is 1.69. The minimum Gasteiger partial charge on any atom is -0.456 e. The number of azide groups is 1. The van der Waals surface area contributed by atoms with Crippen molar-refractivity contribution in [2.24, 2.45) is 5.11 Å². The van der Waals surface area contributed by atoms with Crippen LogP contribution in [0.5, 0.6) is 0 Å². The second kappa shape index (κ2) is 5.57. The number of piperidine rings is 1. The predicted molar refractivity (Wildman–Crippen MR) is 62.7 cm³/mol. The Kier molecular flexibility index (Phi) is 3.86. The fraction of sp³-hybridized carbons (Fsp3) is 0.545. The molecule has 96 valence electrons. The number of nitrogens with zero attached hydrogens (tertiary/aromatic N) is 4. The molecule has 1 atom stereocenters. The van der Waals surface area contributed by atoms with Crippen molar-refractivity contribution in [2.75, 3.05) is 13.1 Å². The molecule has 7 nitrogen and oxygen atoms in total. The zero-order valence-electron chi connectivity index (χ0n) is 9.82. The van der Waals surface area contributed by atoms with Gasteiger partial charge in [0.05, 0.1) is 12.6 Å². The van der Waals surface area contributed by atoms with E-state index in [0.29, 0.717) is 18.8 Å². The summed E-state index contributed by atoms with van der Waals surface area (Å²) >= 11 is 0. The molecule has 18 heavy (non-hydrogen) atoms. The fourth-order valence-corrected chi connectivity index (χ4v) is 1.97. The SMILES string of the molecule is [N-]=[N+]=NCc1ccc(C(=O)N2CCCC(O)C2)o1. The molecule has 1 aliphatic rings. The van der Waals surface area contributed by atoms with Gasteiger partial charge in [-0.1, -0.05) is 5.11 Å². The number of β-amino-alcohol motifs (C(OH)–C–C–N with tert-alkyl or cyclic N) is 1. The molecule has 1 fully saturated rings. The van der Waals surface area contributed by atoms with E-state index in [-0.39, 0.29) is 18.2 Å². The van der Waals surface area contributed by atoms with Crippen LogP contribution in [0.2, 0.25) is 0 Å². The third kappa shape index (κ3) is 2.82. The molecule has 1 amide bonds. The first-order valence-electron chi connectivity index (χ1n) is 5.77. The Morgan fingerprint density at radius 1 is 1.67 bits per heavy atom. The van der Waals surface area contributed by atoms with Crippen LogP contribution < -0.4 is 0 Å². The first-order valence-corrected chi connectivity index (χ1v) is 5.77. The van der Waals surface area contributed by atoms with Crippen molar-refractivity contribution in [3.05, 3.63) is 34.1 Å². The molecule has 2 heterocycles. The van der Waals surface area contributed by atoms with E-state index in [4.69, 9.17) is 9.95 Å². The normalized spacial score (nSPS) is 19.4. The average Bonchev–Trinajstić information content (AvgIpc) is 2.84. The van der Waals surface area contributed by atoms with Gasteiger partial charge in [-0.15, -0.1) is 0 Å². The van der Waals surface area contributed by atoms with Crippen LogP contribution >= 0.6 is 0 Å². The third-order valence-corrected chi connectivity index (χ3v) is 2.85. The highest BCUT2D eigenvalue weighted by Crippen LogP contribution is 2.16. The summed E-state index contributed by atoms with van der Waals surface area (Å²) in [5.41, 5.74) is 8.19. The van der Waals surface area contributed by atoms with Crippen LogP contribution in [0.15, 0.2) is 21.7 Å². The van der Waals surface area contributed by atoms with E-state index < -0.39 is 6.10 Å². The lowest BCUT2D eigenvalue weighted by atomic mass is 10.1. The van der Waals surface area contributed by atoms with E-state index in [0.717, 1.165) is 12.8 Å². The second-order valence-electron chi connectivity index (χ2n) is 4.20. The first kappa shape index (κ1) is 12.5. The van der Waals surface area contributed by atoms with Crippen LogP contribution in [0.4, 0.5) is 0 Å². The number of hydrogen-bond acceptors (Lipinski definition) is 4. The molecule has 2 rings (SSSR count). The van der Waals surface area contributed by atoms with Crippen molar-refractivity contribution in [1.29, 1.82) is 0 Å². The molecule has 7 heteroatoms. The number of amides is 1. The smallest absolute Gasteiger partial charge is 0.289 e. The summed E-state index contributed by atoms with van der Waals surface area (Å²) in [6.07, 6.45) is 1.06. The highest BCUT2D eigenvalue weighted by molar-refractivity contribution is 5.91. The van der Waals surface area contributed by atoms with E-state index >= 15 is 0 Å². The summed E-state index contributed by atoms with van der Waals surface area (Å²) < 4.78 is 5.30. The topological polar surface area (TPSA) is 102 Å². The van der Waals surface area contributed by atoms with Crippen LogP contribution in [0.1, 0.15) is 29.2 Å². The quantitative estimate of drug-likeness (QED) is 0.501. The van der Waals surface area contributed by atoms with Crippen LogP contribution in [-0.2, 0) is 6.54 Å². The summed E-state index contributed by atoms with van der Waals surface area (Å²) in [7, 11) is 0. The maximum Gasteiger partial charge on any atom is 0.289 e. The largest absolute Gasteiger partial charge is 0.456 e. The lowest BCUT2D eigenvalue weighted by molar-refractivity contribution is 0.0447. The van der Waals surface area contributed by atoms with Crippen molar-refractivity contribution in [2.45, 2.75) is 25.5 Å². The molecule has 1 aliphatic heterocycles. The van der Waals surface area contributed by atoms with Gasteiger partial charge in [-0.05, 0) is 30.5 Å². The van der Waals surface area contributed by atoms with Crippen molar-refractivity contribution >= 4 is 5.91 Å². The van der Waals surface area contributed by atoms with Crippen LogP contribution in [0, 0.1) is 0 Å². The molecular weight excluding hydrogens is 236 g/mol. The van der Waals surface area contributed by atoms with Gasteiger partial charge >= 0.3 is 0 Å². The van der Waals surface area contributed by atoms with Crippen molar-refractivity contribution in [3.8, 4) is 0 Å². The average molecular weight is 250 g/mol. The maximum atomic E-state index is 12.1. The molecule has 1 unspecified atom stereocenters. The van der Waals surface area contributed by atoms with Crippen molar-refractivity contribution in [3.63, 3.8) is 0 Å². The molecule has 1 aromatic heterocycles. The number of likely N-dealkylation sites (tertiary alicyclic amines) is 1. The third-order valence-electron chi connectivity index (χ3n) is 2.85. The van der Waals surface area contributed by atoms with Gasteiger partial charge in [-0.2, -0.15) is 0 Å². The summed E-state index contributed by atoms with van der Waals surface area (Å²) in [5, 5.41) is 12.9. The maximum absolute atomic E-state index is 12.1. The van der Waals surface area contributed by atoms with Gasteiger partial charge in [0.25, 0.3) is 5.91 Å². The summed E-state index contributed by atoms with van der Waals surface area (Å²) in [6, 6.07) is 3.17.